The van der Waals surface area contributed by atoms with Gasteiger partial charge in [0, 0.05) is 6.04 Å². The molecule has 0 unspecified atom stereocenters. The van der Waals surface area contributed by atoms with Crippen molar-refractivity contribution in [2.45, 2.75) is 31.7 Å². The Labute approximate surface area is 114 Å². The SMILES string of the molecule is NC(=O)CN(c1ncnc(N)c1Br)C1CCCC1. The highest BCUT2D eigenvalue weighted by molar-refractivity contribution is 9.10. The van der Waals surface area contributed by atoms with Crippen molar-refractivity contribution in [3.05, 3.63) is 10.8 Å². The van der Waals surface area contributed by atoms with Gasteiger partial charge in [0.1, 0.15) is 22.4 Å². The fraction of sp³-hybridized carbons (Fsp3) is 0.545. The van der Waals surface area contributed by atoms with Crippen molar-refractivity contribution in [1.29, 1.82) is 0 Å². The minimum absolute atomic E-state index is 0.152. The van der Waals surface area contributed by atoms with Crippen LogP contribution in [0.3, 0.4) is 0 Å². The molecule has 0 radical (unpaired) electrons. The van der Waals surface area contributed by atoms with Crippen LogP contribution in [0.15, 0.2) is 10.8 Å². The lowest BCUT2D eigenvalue weighted by Gasteiger charge is -2.29. The van der Waals surface area contributed by atoms with E-state index >= 15 is 0 Å². The number of nitrogen functional groups attached to an aromatic ring is 1. The summed E-state index contributed by atoms with van der Waals surface area (Å²) < 4.78 is 0.623. The molecule has 1 aromatic heterocycles. The van der Waals surface area contributed by atoms with E-state index in [1.165, 1.54) is 6.33 Å². The number of carbonyl (C=O) groups excluding carboxylic acids is 1. The molecule has 0 atom stereocenters. The molecular weight excluding hydrogens is 298 g/mol. The Balaban J connectivity index is 2.32. The second kappa shape index (κ2) is 5.51. The number of hydrogen-bond donors (Lipinski definition) is 2. The number of nitrogens with zero attached hydrogens (tertiary/aromatic N) is 3. The first kappa shape index (κ1) is 13.1. The lowest BCUT2D eigenvalue weighted by molar-refractivity contribution is -0.116. The molecule has 0 bridgehead atoms. The zero-order valence-corrected chi connectivity index (χ0v) is 11.6. The van der Waals surface area contributed by atoms with E-state index in [1.807, 2.05) is 4.90 Å². The average molecular weight is 314 g/mol. The van der Waals surface area contributed by atoms with Crippen molar-refractivity contribution in [1.82, 2.24) is 9.97 Å². The normalized spacial score (nSPS) is 15.8. The van der Waals surface area contributed by atoms with E-state index in [2.05, 4.69) is 25.9 Å². The third-order valence-corrected chi connectivity index (χ3v) is 3.92. The van der Waals surface area contributed by atoms with Crippen LogP contribution in [0, 0.1) is 0 Å². The van der Waals surface area contributed by atoms with Gasteiger partial charge in [0.25, 0.3) is 0 Å². The Bertz CT molecular complexity index is 447. The summed E-state index contributed by atoms with van der Waals surface area (Å²) in [4.78, 5) is 21.3. The quantitative estimate of drug-likeness (QED) is 0.866. The molecule has 1 aromatic rings. The van der Waals surface area contributed by atoms with Crippen molar-refractivity contribution in [2.24, 2.45) is 5.73 Å². The number of rotatable bonds is 4. The van der Waals surface area contributed by atoms with Gasteiger partial charge >= 0.3 is 0 Å². The first-order valence-corrected chi connectivity index (χ1v) is 6.70. The Morgan fingerprint density at radius 1 is 1.44 bits per heavy atom. The minimum atomic E-state index is -0.369. The van der Waals surface area contributed by atoms with E-state index in [0.29, 0.717) is 22.2 Å². The van der Waals surface area contributed by atoms with E-state index in [1.54, 1.807) is 0 Å². The standard InChI is InChI=1S/C11H16BrN5O/c12-9-10(14)15-6-16-11(9)17(5-8(13)18)7-3-1-2-4-7/h6-7H,1-5H2,(H2,13,18)(H2,14,15,16). The molecule has 1 aliphatic carbocycles. The van der Waals surface area contributed by atoms with Gasteiger partial charge in [-0.15, -0.1) is 0 Å². The van der Waals surface area contributed by atoms with E-state index in [4.69, 9.17) is 11.5 Å². The molecule has 1 heterocycles. The molecular formula is C11H16BrN5O. The van der Waals surface area contributed by atoms with Gasteiger partial charge in [0.15, 0.2) is 0 Å². The van der Waals surface area contributed by atoms with Crippen LogP contribution in [0.4, 0.5) is 11.6 Å². The number of nitrogens with two attached hydrogens (primary N) is 2. The first-order valence-electron chi connectivity index (χ1n) is 5.90. The van der Waals surface area contributed by atoms with Crippen LogP contribution in [-0.4, -0.2) is 28.5 Å². The molecule has 1 aliphatic rings. The molecule has 98 valence electrons. The summed E-state index contributed by atoms with van der Waals surface area (Å²) in [6, 6.07) is 0.295. The zero-order chi connectivity index (χ0) is 13.1. The molecule has 18 heavy (non-hydrogen) atoms. The van der Waals surface area contributed by atoms with Crippen molar-refractivity contribution in [2.75, 3.05) is 17.2 Å². The topological polar surface area (TPSA) is 98.1 Å². The van der Waals surface area contributed by atoms with E-state index in [0.717, 1.165) is 25.7 Å². The smallest absolute Gasteiger partial charge is 0.237 e. The molecule has 1 fully saturated rings. The molecule has 0 spiro atoms. The van der Waals surface area contributed by atoms with Crippen LogP contribution in [0.25, 0.3) is 0 Å². The predicted molar refractivity (Wildman–Crippen MR) is 72.9 cm³/mol. The molecule has 4 N–H and O–H groups in total. The molecule has 0 saturated heterocycles. The Morgan fingerprint density at radius 2 is 2.11 bits per heavy atom. The van der Waals surface area contributed by atoms with Gasteiger partial charge in [-0.05, 0) is 28.8 Å². The summed E-state index contributed by atoms with van der Waals surface area (Å²) >= 11 is 3.37. The highest BCUT2D eigenvalue weighted by Crippen LogP contribution is 2.33. The van der Waals surface area contributed by atoms with E-state index in [9.17, 15) is 4.79 Å². The molecule has 1 amide bonds. The number of carbonyl (C=O) groups is 1. The fourth-order valence-electron chi connectivity index (χ4n) is 2.33. The predicted octanol–water partition coefficient (Wildman–Crippen LogP) is 1.06. The number of primary amides is 1. The van der Waals surface area contributed by atoms with Crippen LogP contribution in [0.5, 0.6) is 0 Å². The molecule has 1 saturated carbocycles. The van der Waals surface area contributed by atoms with E-state index in [-0.39, 0.29) is 12.5 Å². The number of anilines is 2. The first-order chi connectivity index (χ1) is 8.59. The molecule has 2 rings (SSSR count). The Morgan fingerprint density at radius 3 is 2.72 bits per heavy atom. The average Bonchev–Trinajstić information content (AvgIpc) is 2.83. The van der Waals surface area contributed by atoms with Gasteiger partial charge in [0.05, 0.1) is 6.54 Å². The van der Waals surface area contributed by atoms with Crippen LogP contribution in [0.2, 0.25) is 0 Å². The van der Waals surface area contributed by atoms with Gasteiger partial charge in [-0.3, -0.25) is 4.79 Å². The van der Waals surface area contributed by atoms with Gasteiger partial charge in [-0.25, -0.2) is 9.97 Å². The summed E-state index contributed by atoms with van der Waals surface area (Å²) in [5.74, 6) is 0.645. The molecule has 7 heteroatoms. The second-order valence-corrected chi connectivity index (χ2v) is 5.22. The zero-order valence-electron chi connectivity index (χ0n) is 9.97. The maximum Gasteiger partial charge on any atom is 0.237 e. The van der Waals surface area contributed by atoms with Gasteiger partial charge in [0.2, 0.25) is 5.91 Å². The maximum absolute atomic E-state index is 11.2. The minimum Gasteiger partial charge on any atom is -0.383 e. The number of halogens is 1. The maximum atomic E-state index is 11.2. The van der Waals surface area contributed by atoms with Crippen molar-refractivity contribution in [3.63, 3.8) is 0 Å². The molecule has 0 aromatic carbocycles. The van der Waals surface area contributed by atoms with Crippen molar-refractivity contribution in [3.8, 4) is 0 Å². The highest BCUT2D eigenvalue weighted by Gasteiger charge is 2.27. The lowest BCUT2D eigenvalue weighted by Crippen LogP contribution is -2.41. The second-order valence-electron chi connectivity index (χ2n) is 4.43. The third kappa shape index (κ3) is 2.72. The summed E-state index contributed by atoms with van der Waals surface area (Å²) in [6.45, 7) is 0.152. The van der Waals surface area contributed by atoms with Crippen LogP contribution in [-0.2, 0) is 4.79 Å². The van der Waals surface area contributed by atoms with Gasteiger partial charge in [-0.1, -0.05) is 12.8 Å². The van der Waals surface area contributed by atoms with Crippen molar-refractivity contribution < 1.29 is 4.79 Å². The van der Waals surface area contributed by atoms with Crippen LogP contribution >= 0.6 is 15.9 Å². The molecule has 0 aliphatic heterocycles. The van der Waals surface area contributed by atoms with Crippen LogP contribution in [0.1, 0.15) is 25.7 Å². The summed E-state index contributed by atoms with van der Waals surface area (Å²) in [7, 11) is 0. The third-order valence-electron chi connectivity index (χ3n) is 3.16. The van der Waals surface area contributed by atoms with E-state index < -0.39 is 0 Å². The Kier molecular flexibility index (Phi) is 4.00. The fourth-order valence-corrected chi connectivity index (χ4v) is 2.77. The van der Waals surface area contributed by atoms with Gasteiger partial charge in [-0.2, -0.15) is 0 Å². The number of amides is 1. The van der Waals surface area contributed by atoms with Crippen molar-refractivity contribution >= 4 is 33.5 Å². The lowest BCUT2D eigenvalue weighted by atomic mass is 10.2. The summed E-state index contributed by atoms with van der Waals surface area (Å²) in [5.41, 5.74) is 11.1. The molecule has 6 nitrogen and oxygen atoms in total. The summed E-state index contributed by atoms with van der Waals surface area (Å²) in [6.07, 6.45) is 5.82. The highest BCUT2D eigenvalue weighted by atomic mass is 79.9. The number of hydrogen-bond acceptors (Lipinski definition) is 5. The summed E-state index contributed by atoms with van der Waals surface area (Å²) in [5, 5.41) is 0. The monoisotopic (exact) mass is 313 g/mol. The Hall–Kier alpha value is -1.37. The number of aromatic nitrogens is 2. The van der Waals surface area contributed by atoms with Crippen LogP contribution < -0.4 is 16.4 Å². The van der Waals surface area contributed by atoms with Gasteiger partial charge < -0.3 is 16.4 Å². The largest absolute Gasteiger partial charge is 0.383 e.